The van der Waals surface area contributed by atoms with Crippen LogP contribution in [-0.4, -0.2) is 28.2 Å². The van der Waals surface area contributed by atoms with E-state index in [4.69, 9.17) is 10.7 Å². The molecule has 8 heteroatoms. The molecule has 0 fully saturated rings. The second kappa shape index (κ2) is 4.29. The molecule has 0 saturated carbocycles. The monoisotopic (exact) mass is 294 g/mol. The van der Waals surface area contributed by atoms with Gasteiger partial charge in [0.25, 0.3) is 9.05 Å². The van der Waals surface area contributed by atoms with Crippen LogP contribution in [0.2, 0.25) is 0 Å². The minimum atomic E-state index is -3.93. The van der Waals surface area contributed by atoms with Crippen molar-refractivity contribution in [1.82, 2.24) is 19.7 Å². The third kappa shape index (κ3) is 2.06. The largest absolute Gasteiger partial charge is 0.279 e. The average Bonchev–Trinajstić information content (AvgIpc) is 2.82. The maximum absolute atomic E-state index is 11.4. The van der Waals surface area contributed by atoms with E-state index in [-0.39, 0.29) is 5.03 Å². The summed E-state index contributed by atoms with van der Waals surface area (Å²) in [7, 11) is 1.41. The first-order valence-corrected chi connectivity index (χ1v) is 7.57. The Balaban J connectivity index is 2.32. The van der Waals surface area contributed by atoms with Crippen LogP contribution in [0.1, 0.15) is 0 Å². The van der Waals surface area contributed by atoms with Gasteiger partial charge in [-0.3, -0.25) is 0 Å². The lowest BCUT2D eigenvalue weighted by molar-refractivity contribution is 0.607. The molecular formula is C11H7ClN4O2S. The molecule has 96 valence electrons. The van der Waals surface area contributed by atoms with E-state index >= 15 is 0 Å². The zero-order valence-electron chi connectivity index (χ0n) is 9.43. The fourth-order valence-corrected chi connectivity index (χ4v) is 2.72. The summed E-state index contributed by atoms with van der Waals surface area (Å²) in [4.78, 5) is 7.76. The Morgan fingerprint density at radius 2 is 1.84 bits per heavy atom. The lowest BCUT2D eigenvalue weighted by Gasteiger charge is -2.02. The van der Waals surface area contributed by atoms with Crippen molar-refractivity contribution < 1.29 is 8.42 Å². The Hall–Kier alpha value is -1.99. The first-order chi connectivity index (χ1) is 9.07. The maximum atomic E-state index is 11.4. The van der Waals surface area contributed by atoms with Gasteiger partial charge in [0.15, 0.2) is 10.7 Å². The molecule has 6 nitrogen and oxygen atoms in total. The Kier molecular flexibility index (Phi) is 2.72. The van der Waals surface area contributed by atoms with Crippen molar-refractivity contribution in [1.29, 1.82) is 0 Å². The fourth-order valence-electron chi connectivity index (χ4n) is 1.78. The Morgan fingerprint density at radius 3 is 2.53 bits per heavy atom. The van der Waals surface area contributed by atoms with Gasteiger partial charge < -0.3 is 0 Å². The molecular weight excluding hydrogens is 288 g/mol. The molecule has 0 bridgehead atoms. The first kappa shape index (κ1) is 12.1. The minimum Gasteiger partial charge on any atom is -0.223 e. The average molecular weight is 295 g/mol. The third-order valence-corrected chi connectivity index (χ3v) is 3.79. The van der Waals surface area contributed by atoms with Gasteiger partial charge in [-0.1, -0.05) is 18.2 Å². The van der Waals surface area contributed by atoms with Gasteiger partial charge in [-0.05, 0) is 12.1 Å². The molecule has 0 atom stereocenters. The van der Waals surface area contributed by atoms with Crippen LogP contribution in [0.3, 0.4) is 0 Å². The lowest BCUT2D eigenvalue weighted by atomic mass is 10.3. The lowest BCUT2D eigenvalue weighted by Crippen LogP contribution is -2.00. The number of nitrogens with zero attached hydrogens (tertiary/aromatic N) is 4. The van der Waals surface area contributed by atoms with Gasteiger partial charge in [-0.2, -0.15) is 5.10 Å². The van der Waals surface area contributed by atoms with Gasteiger partial charge in [0.1, 0.15) is 6.33 Å². The number of para-hydroxylation sites is 1. The van der Waals surface area contributed by atoms with Gasteiger partial charge >= 0.3 is 0 Å². The summed E-state index contributed by atoms with van der Waals surface area (Å²) in [6.45, 7) is 0. The highest BCUT2D eigenvalue weighted by atomic mass is 35.7. The van der Waals surface area contributed by atoms with Crippen LogP contribution < -0.4 is 0 Å². The van der Waals surface area contributed by atoms with Crippen molar-refractivity contribution >= 4 is 30.8 Å². The molecule has 0 unspecified atom stereocenters. The zero-order chi connectivity index (χ0) is 13.5. The predicted molar refractivity (Wildman–Crippen MR) is 69.7 cm³/mol. The minimum absolute atomic E-state index is 0.235. The summed E-state index contributed by atoms with van der Waals surface area (Å²) in [6, 6.07) is 9.25. The van der Waals surface area contributed by atoms with E-state index in [0.29, 0.717) is 11.0 Å². The van der Waals surface area contributed by atoms with Crippen LogP contribution in [0.4, 0.5) is 0 Å². The van der Waals surface area contributed by atoms with Crippen molar-refractivity contribution in [3.05, 3.63) is 42.9 Å². The van der Waals surface area contributed by atoms with Crippen molar-refractivity contribution in [3.63, 3.8) is 0 Å². The molecule has 0 aliphatic carbocycles. The predicted octanol–water partition coefficient (Wildman–Crippen LogP) is 1.74. The Morgan fingerprint density at radius 1 is 1.11 bits per heavy atom. The number of fused-ring (bicyclic) bond motifs is 1. The van der Waals surface area contributed by atoms with E-state index in [1.165, 1.54) is 10.9 Å². The van der Waals surface area contributed by atoms with E-state index < -0.39 is 9.05 Å². The van der Waals surface area contributed by atoms with Crippen LogP contribution in [0.15, 0.2) is 47.9 Å². The third-order valence-electron chi connectivity index (χ3n) is 2.56. The van der Waals surface area contributed by atoms with E-state index in [9.17, 15) is 8.42 Å². The van der Waals surface area contributed by atoms with Gasteiger partial charge in [0.05, 0.1) is 17.3 Å². The summed E-state index contributed by atoms with van der Waals surface area (Å²) in [5, 5.41) is 4.19. The van der Waals surface area contributed by atoms with Crippen LogP contribution in [0.5, 0.6) is 0 Å². The smallest absolute Gasteiger partial charge is 0.223 e. The quantitative estimate of drug-likeness (QED) is 0.531. The standard InChI is InChI=1S/C11H7ClN4O2S/c12-19(17,18)11-9-6-15-16(10(9)13-7-14-11)8-4-2-1-3-5-8/h1-7H. The number of benzene rings is 1. The fraction of sp³-hybridized carbons (Fsp3) is 0. The topological polar surface area (TPSA) is 77.7 Å². The molecule has 0 aliphatic rings. The molecule has 0 radical (unpaired) electrons. The summed E-state index contributed by atoms with van der Waals surface area (Å²) in [6.07, 6.45) is 2.54. The number of aromatic nitrogens is 4. The van der Waals surface area contributed by atoms with Crippen molar-refractivity contribution in [3.8, 4) is 5.69 Å². The highest BCUT2D eigenvalue weighted by Crippen LogP contribution is 2.23. The van der Waals surface area contributed by atoms with E-state index in [0.717, 1.165) is 12.0 Å². The molecule has 0 spiro atoms. The second-order valence-electron chi connectivity index (χ2n) is 3.75. The number of rotatable bonds is 2. The van der Waals surface area contributed by atoms with E-state index in [1.54, 1.807) is 0 Å². The number of hydrogen-bond donors (Lipinski definition) is 0. The van der Waals surface area contributed by atoms with E-state index in [2.05, 4.69) is 15.1 Å². The molecule has 19 heavy (non-hydrogen) atoms. The number of halogens is 1. The van der Waals surface area contributed by atoms with Gasteiger partial charge in [0, 0.05) is 10.7 Å². The normalized spacial score (nSPS) is 11.8. The highest BCUT2D eigenvalue weighted by molar-refractivity contribution is 8.13. The molecule has 3 rings (SSSR count). The molecule has 2 heterocycles. The molecule has 2 aromatic heterocycles. The SMILES string of the molecule is O=S(=O)(Cl)c1ncnc2c1cnn2-c1ccccc1. The molecule has 0 aliphatic heterocycles. The van der Waals surface area contributed by atoms with Crippen LogP contribution in [-0.2, 0) is 9.05 Å². The molecule has 1 aromatic carbocycles. The summed E-state index contributed by atoms with van der Waals surface area (Å²) in [5.74, 6) is 0. The summed E-state index contributed by atoms with van der Waals surface area (Å²) in [5.41, 5.74) is 1.16. The van der Waals surface area contributed by atoms with Crippen molar-refractivity contribution in [2.45, 2.75) is 5.03 Å². The molecule has 0 amide bonds. The Labute approximate surface area is 113 Å². The summed E-state index contributed by atoms with van der Waals surface area (Å²) < 4.78 is 24.4. The van der Waals surface area contributed by atoms with Gasteiger partial charge in [-0.15, -0.1) is 0 Å². The molecule has 3 aromatic rings. The van der Waals surface area contributed by atoms with Gasteiger partial charge in [-0.25, -0.2) is 23.1 Å². The summed E-state index contributed by atoms with van der Waals surface area (Å²) >= 11 is 0. The van der Waals surface area contributed by atoms with Crippen molar-refractivity contribution in [2.24, 2.45) is 0 Å². The second-order valence-corrected chi connectivity index (χ2v) is 6.23. The molecule has 0 saturated heterocycles. The van der Waals surface area contributed by atoms with Crippen molar-refractivity contribution in [2.75, 3.05) is 0 Å². The first-order valence-electron chi connectivity index (χ1n) is 5.26. The molecule has 0 N–H and O–H groups in total. The van der Waals surface area contributed by atoms with Gasteiger partial charge in [0.2, 0.25) is 0 Å². The highest BCUT2D eigenvalue weighted by Gasteiger charge is 2.19. The zero-order valence-corrected chi connectivity index (χ0v) is 11.0. The van der Waals surface area contributed by atoms with Crippen LogP contribution in [0, 0.1) is 0 Å². The maximum Gasteiger partial charge on any atom is 0.279 e. The number of hydrogen-bond acceptors (Lipinski definition) is 5. The van der Waals surface area contributed by atoms with Crippen LogP contribution in [0.25, 0.3) is 16.7 Å². The Bertz CT molecular complexity index is 846. The van der Waals surface area contributed by atoms with Crippen LogP contribution >= 0.6 is 10.7 Å². The van der Waals surface area contributed by atoms with E-state index in [1.807, 2.05) is 30.3 Å².